The van der Waals surface area contributed by atoms with Crippen molar-refractivity contribution in [3.8, 4) is 34.0 Å². The molecule has 29 heavy (non-hydrogen) atoms. The van der Waals surface area contributed by atoms with E-state index in [9.17, 15) is 9.59 Å². The zero-order chi connectivity index (χ0) is 20.5. The molecule has 0 radical (unpaired) electrons. The van der Waals surface area contributed by atoms with E-state index in [2.05, 4.69) is 19.9 Å². The number of carbonyl (C=O) groups is 1. The Bertz CT molecular complexity index is 1250. The predicted molar refractivity (Wildman–Crippen MR) is 105 cm³/mol. The monoisotopic (exact) mass is 392 g/mol. The molecule has 0 fully saturated rings. The van der Waals surface area contributed by atoms with Crippen molar-refractivity contribution in [3.05, 3.63) is 58.6 Å². The van der Waals surface area contributed by atoms with E-state index in [0.717, 1.165) is 5.56 Å². The van der Waals surface area contributed by atoms with Crippen LogP contribution in [-0.2, 0) is 0 Å². The molecule has 146 valence electrons. The molecule has 4 rings (SSSR count). The van der Waals surface area contributed by atoms with Gasteiger partial charge in [0.2, 0.25) is 0 Å². The first kappa shape index (κ1) is 18.2. The van der Waals surface area contributed by atoms with Gasteiger partial charge in [0, 0.05) is 5.56 Å². The highest BCUT2D eigenvalue weighted by Crippen LogP contribution is 2.41. The average molecular weight is 392 g/mol. The van der Waals surface area contributed by atoms with Crippen LogP contribution < -0.4 is 15.0 Å². The van der Waals surface area contributed by atoms with Gasteiger partial charge >= 0.3 is 5.97 Å². The minimum atomic E-state index is -1.00. The Hall–Kier alpha value is -4.14. The van der Waals surface area contributed by atoms with E-state index in [1.165, 1.54) is 32.7 Å². The minimum Gasteiger partial charge on any atom is -0.496 e. The molecule has 9 nitrogen and oxygen atoms in total. The molecular weight excluding hydrogens is 376 g/mol. The van der Waals surface area contributed by atoms with Crippen LogP contribution in [0.1, 0.15) is 10.4 Å². The summed E-state index contributed by atoms with van der Waals surface area (Å²) in [5.74, 6) is 0.271. The minimum absolute atomic E-state index is 0.178. The Labute approximate surface area is 164 Å². The van der Waals surface area contributed by atoms with Crippen molar-refractivity contribution >= 4 is 17.1 Å². The van der Waals surface area contributed by atoms with E-state index in [-0.39, 0.29) is 11.1 Å². The number of carboxylic acids is 1. The maximum atomic E-state index is 12.2. The zero-order valence-corrected chi connectivity index (χ0v) is 15.5. The normalized spacial score (nSPS) is 10.8. The Balaban J connectivity index is 1.88. The summed E-state index contributed by atoms with van der Waals surface area (Å²) in [6.45, 7) is 0. The molecule has 0 saturated heterocycles. The van der Waals surface area contributed by atoms with Crippen molar-refractivity contribution in [2.75, 3.05) is 14.2 Å². The first-order chi connectivity index (χ1) is 14.0. The predicted octanol–water partition coefficient (Wildman–Crippen LogP) is 2.70. The molecule has 2 heterocycles. The van der Waals surface area contributed by atoms with Crippen LogP contribution in [0.15, 0.2) is 47.5 Å². The lowest BCUT2D eigenvalue weighted by molar-refractivity contribution is 0.0697. The number of fused-ring (bicyclic) bond motifs is 1. The summed E-state index contributed by atoms with van der Waals surface area (Å²) in [4.78, 5) is 37.2. The van der Waals surface area contributed by atoms with Gasteiger partial charge in [-0.05, 0) is 29.8 Å². The molecule has 0 atom stereocenters. The van der Waals surface area contributed by atoms with Crippen molar-refractivity contribution in [3.63, 3.8) is 0 Å². The number of nitrogens with one attached hydrogen (secondary N) is 2. The maximum absolute atomic E-state index is 12.2. The molecular formula is C20H16N4O5. The van der Waals surface area contributed by atoms with Gasteiger partial charge in [-0.25, -0.2) is 14.8 Å². The second kappa shape index (κ2) is 7.12. The fraction of sp³-hybridized carbons (Fsp3) is 0.100. The molecule has 2 aromatic heterocycles. The second-order valence-electron chi connectivity index (χ2n) is 6.15. The number of carboxylic acid groups (broad SMARTS) is 1. The van der Waals surface area contributed by atoms with Crippen LogP contribution >= 0.6 is 0 Å². The number of imidazole rings is 1. The van der Waals surface area contributed by atoms with Gasteiger partial charge in [-0.1, -0.05) is 12.1 Å². The van der Waals surface area contributed by atoms with Crippen LogP contribution in [0.5, 0.6) is 11.5 Å². The van der Waals surface area contributed by atoms with E-state index in [1.54, 1.807) is 24.3 Å². The summed E-state index contributed by atoms with van der Waals surface area (Å²) in [5, 5.41) is 9.10. The first-order valence-electron chi connectivity index (χ1n) is 8.55. The second-order valence-corrected chi connectivity index (χ2v) is 6.15. The summed E-state index contributed by atoms with van der Waals surface area (Å²) in [7, 11) is 3.03. The fourth-order valence-corrected chi connectivity index (χ4v) is 3.09. The van der Waals surface area contributed by atoms with Crippen LogP contribution in [-0.4, -0.2) is 45.2 Å². The number of ether oxygens (including phenoxy) is 2. The summed E-state index contributed by atoms with van der Waals surface area (Å²) in [5.41, 5.74) is 2.38. The molecule has 9 heteroatoms. The number of benzene rings is 2. The number of aromatic carboxylic acids is 1. The average Bonchev–Trinajstić information content (AvgIpc) is 3.22. The van der Waals surface area contributed by atoms with Gasteiger partial charge in [0.1, 0.15) is 17.3 Å². The third-order valence-corrected chi connectivity index (χ3v) is 4.50. The summed E-state index contributed by atoms with van der Waals surface area (Å²) >= 11 is 0. The van der Waals surface area contributed by atoms with Gasteiger partial charge in [-0.2, -0.15) is 0 Å². The van der Waals surface area contributed by atoms with Crippen molar-refractivity contribution in [2.24, 2.45) is 0 Å². The lowest BCUT2D eigenvalue weighted by Crippen LogP contribution is -2.09. The quantitative estimate of drug-likeness (QED) is 0.476. The number of aromatic amines is 2. The maximum Gasteiger partial charge on any atom is 0.335 e. The summed E-state index contributed by atoms with van der Waals surface area (Å²) in [6.07, 6.45) is 1.40. The molecule has 0 amide bonds. The van der Waals surface area contributed by atoms with Crippen molar-refractivity contribution in [1.29, 1.82) is 0 Å². The smallest absolute Gasteiger partial charge is 0.335 e. The molecule has 0 aliphatic heterocycles. The van der Waals surface area contributed by atoms with E-state index < -0.39 is 5.97 Å². The van der Waals surface area contributed by atoms with Gasteiger partial charge in [-0.15, -0.1) is 0 Å². The largest absolute Gasteiger partial charge is 0.496 e. The SMILES string of the molecule is COc1cc(-c2nc3nc[nH]c3c(=O)[nH]2)cc(OC)c1-c1ccc(C(=O)O)cc1. The van der Waals surface area contributed by atoms with Crippen LogP contribution in [0.4, 0.5) is 0 Å². The Morgan fingerprint density at radius 2 is 1.69 bits per heavy atom. The lowest BCUT2D eigenvalue weighted by atomic mass is 9.99. The lowest BCUT2D eigenvalue weighted by Gasteiger charge is -2.15. The molecule has 0 unspecified atom stereocenters. The molecule has 0 spiro atoms. The third-order valence-electron chi connectivity index (χ3n) is 4.50. The zero-order valence-electron chi connectivity index (χ0n) is 15.5. The molecule has 0 aliphatic rings. The molecule has 4 aromatic rings. The standard InChI is InChI=1S/C20H16N4O5/c1-28-13-7-12(17-23-18-16(19(25)24-17)21-9-22-18)8-14(29-2)15(13)10-3-5-11(6-4-10)20(26)27/h3-9H,1-2H3,(H,26,27)(H2,21,22,23,24,25). The highest BCUT2D eigenvalue weighted by molar-refractivity contribution is 5.89. The third kappa shape index (κ3) is 3.18. The van der Waals surface area contributed by atoms with Gasteiger partial charge in [0.25, 0.3) is 5.56 Å². The molecule has 3 N–H and O–H groups in total. The molecule has 0 bridgehead atoms. The molecule has 0 aliphatic carbocycles. The Morgan fingerprint density at radius 3 is 2.28 bits per heavy atom. The Morgan fingerprint density at radius 1 is 1.03 bits per heavy atom. The fourth-order valence-electron chi connectivity index (χ4n) is 3.09. The number of hydrogen-bond acceptors (Lipinski definition) is 6. The summed E-state index contributed by atoms with van der Waals surface area (Å²) in [6, 6.07) is 9.82. The number of aromatic nitrogens is 4. The van der Waals surface area contributed by atoms with Crippen molar-refractivity contribution in [1.82, 2.24) is 19.9 Å². The number of hydrogen-bond donors (Lipinski definition) is 3. The molecule has 2 aromatic carbocycles. The van der Waals surface area contributed by atoms with Crippen LogP contribution in [0.2, 0.25) is 0 Å². The van der Waals surface area contributed by atoms with E-state index in [1.807, 2.05) is 0 Å². The Kier molecular flexibility index (Phi) is 4.47. The van der Waals surface area contributed by atoms with Gasteiger partial charge < -0.3 is 24.5 Å². The van der Waals surface area contributed by atoms with Crippen molar-refractivity contribution < 1.29 is 19.4 Å². The molecule has 0 saturated carbocycles. The first-order valence-corrected chi connectivity index (χ1v) is 8.55. The van der Waals surface area contributed by atoms with Crippen LogP contribution in [0.25, 0.3) is 33.7 Å². The van der Waals surface area contributed by atoms with E-state index in [4.69, 9.17) is 14.6 Å². The summed E-state index contributed by atoms with van der Waals surface area (Å²) < 4.78 is 11.1. The van der Waals surface area contributed by atoms with Gasteiger partial charge in [-0.3, -0.25) is 4.79 Å². The topological polar surface area (TPSA) is 130 Å². The van der Waals surface area contributed by atoms with Gasteiger partial charge in [0.15, 0.2) is 11.2 Å². The number of nitrogens with zero attached hydrogens (tertiary/aromatic N) is 2. The van der Waals surface area contributed by atoms with Crippen LogP contribution in [0.3, 0.4) is 0 Å². The number of H-pyrrole nitrogens is 2. The highest BCUT2D eigenvalue weighted by atomic mass is 16.5. The van der Waals surface area contributed by atoms with E-state index >= 15 is 0 Å². The van der Waals surface area contributed by atoms with E-state index in [0.29, 0.717) is 39.6 Å². The van der Waals surface area contributed by atoms with Crippen molar-refractivity contribution in [2.45, 2.75) is 0 Å². The van der Waals surface area contributed by atoms with Gasteiger partial charge in [0.05, 0.1) is 31.7 Å². The highest BCUT2D eigenvalue weighted by Gasteiger charge is 2.18. The number of methoxy groups -OCH3 is 2. The number of rotatable bonds is 5. The van der Waals surface area contributed by atoms with Crippen LogP contribution in [0, 0.1) is 0 Å².